The predicted octanol–water partition coefficient (Wildman–Crippen LogP) is 3.86. The highest BCUT2D eigenvalue weighted by molar-refractivity contribution is 5.87. The standard InChI is InChI=1S/C20H22N2O3/c1-12(2)14-4-6-15(7-5-14)16-10-18(21-11-13(3)20(23)24)22-17-8-9-25-19(16)17/h4-7,10,12H,3,8-9,11H2,1-2H3,(H,21,22)(H,23,24). The second-order valence-electron chi connectivity index (χ2n) is 6.47. The maximum absolute atomic E-state index is 10.9. The van der Waals surface area contributed by atoms with Gasteiger partial charge in [-0.15, -0.1) is 0 Å². The molecular weight excluding hydrogens is 316 g/mol. The molecule has 1 aliphatic heterocycles. The van der Waals surface area contributed by atoms with Gasteiger partial charge in [-0.25, -0.2) is 9.78 Å². The Bertz CT molecular complexity index is 810. The van der Waals surface area contributed by atoms with E-state index in [1.54, 1.807) is 0 Å². The molecule has 3 rings (SSSR count). The molecule has 0 bridgehead atoms. The van der Waals surface area contributed by atoms with Crippen molar-refractivity contribution in [2.45, 2.75) is 26.2 Å². The van der Waals surface area contributed by atoms with Crippen LogP contribution in [0.15, 0.2) is 42.5 Å². The number of nitrogens with one attached hydrogen (secondary N) is 1. The maximum atomic E-state index is 10.9. The Balaban J connectivity index is 1.92. The Kier molecular flexibility index (Phi) is 4.74. The van der Waals surface area contributed by atoms with Gasteiger partial charge in [-0.2, -0.15) is 0 Å². The van der Waals surface area contributed by atoms with Gasteiger partial charge >= 0.3 is 5.97 Å². The normalized spacial score (nSPS) is 12.6. The minimum atomic E-state index is -1.01. The van der Waals surface area contributed by atoms with Crippen molar-refractivity contribution >= 4 is 11.8 Å². The van der Waals surface area contributed by atoms with E-state index in [-0.39, 0.29) is 12.1 Å². The minimum Gasteiger partial charge on any atom is -0.491 e. The van der Waals surface area contributed by atoms with Crippen LogP contribution in [-0.4, -0.2) is 29.2 Å². The number of pyridine rings is 1. The van der Waals surface area contributed by atoms with E-state index in [9.17, 15) is 4.79 Å². The number of rotatable bonds is 6. The van der Waals surface area contributed by atoms with Crippen LogP contribution < -0.4 is 10.1 Å². The van der Waals surface area contributed by atoms with Crippen LogP contribution in [0, 0.1) is 0 Å². The molecule has 130 valence electrons. The number of fused-ring (bicyclic) bond motifs is 1. The number of hydrogen-bond donors (Lipinski definition) is 2. The molecule has 0 saturated heterocycles. The summed E-state index contributed by atoms with van der Waals surface area (Å²) in [4.78, 5) is 15.4. The lowest BCUT2D eigenvalue weighted by Crippen LogP contribution is -2.12. The number of aliphatic carboxylic acids is 1. The molecule has 0 unspecified atom stereocenters. The summed E-state index contributed by atoms with van der Waals surface area (Å²) in [5.41, 5.74) is 4.31. The van der Waals surface area contributed by atoms with E-state index in [1.807, 2.05) is 6.07 Å². The third kappa shape index (κ3) is 3.65. The number of anilines is 1. The van der Waals surface area contributed by atoms with Crippen LogP contribution in [0.4, 0.5) is 5.82 Å². The topological polar surface area (TPSA) is 71.5 Å². The average Bonchev–Trinajstić information content (AvgIpc) is 3.07. The first-order valence-corrected chi connectivity index (χ1v) is 8.37. The van der Waals surface area contributed by atoms with E-state index in [4.69, 9.17) is 9.84 Å². The highest BCUT2D eigenvalue weighted by Gasteiger charge is 2.21. The summed E-state index contributed by atoms with van der Waals surface area (Å²) in [6, 6.07) is 10.3. The highest BCUT2D eigenvalue weighted by Crippen LogP contribution is 2.38. The van der Waals surface area contributed by atoms with Crippen molar-refractivity contribution in [3.8, 4) is 16.9 Å². The zero-order chi connectivity index (χ0) is 18.0. The fourth-order valence-electron chi connectivity index (χ4n) is 2.79. The molecule has 0 aliphatic carbocycles. The summed E-state index contributed by atoms with van der Waals surface area (Å²) in [5, 5.41) is 12.0. The van der Waals surface area contributed by atoms with E-state index >= 15 is 0 Å². The molecule has 0 amide bonds. The van der Waals surface area contributed by atoms with Gasteiger partial charge in [0.25, 0.3) is 0 Å². The predicted molar refractivity (Wildman–Crippen MR) is 98.2 cm³/mol. The Morgan fingerprint density at radius 2 is 2.08 bits per heavy atom. The maximum Gasteiger partial charge on any atom is 0.332 e. The van der Waals surface area contributed by atoms with Gasteiger partial charge in [0.2, 0.25) is 0 Å². The summed E-state index contributed by atoms with van der Waals surface area (Å²) in [5.74, 6) is 0.920. The third-order valence-electron chi connectivity index (χ3n) is 4.30. The van der Waals surface area contributed by atoms with E-state index in [1.165, 1.54) is 5.56 Å². The van der Waals surface area contributed by atoms with Crippen molar-refractivity contribution < 1.29 is 14.6 Å². The SMILES string of the molecule is C=C(CNc1cc(-c2ccc(C(C)C)cc2)c2c(n1)CCO2)C(=O)O. The highest BCUT2D eigenvalue weighted by atomic mass is 16.5. The molecule has 25 heavy (non-hydrogen) atoms. The molecule has 0 fully saturated rings. The summed E-state index contributed by atoms with van der Waals surface area (Å²) in [6.07, 6.45) is 0.752. The molecule has 5 nitrogen and oxygen atoms in total. The first-order valence-electron chi connectivity index (χ1n) is 8.37. The zero-order valence-corrected chi connectivity index (χ0v) is 14.5. The smallest absolute Gasteiger partial charge is 0.332 e. The second kappa shape index (κ2) is 6.97. The largest absolute Gasteiger partial charge is 0.491 e. The van der Waals surface area contributed by atoms with Gasteiger partial charge in [-0.05, 0) is 23.1 Å². The number of carboxylic acid groups (broad SMARTS) is 1. The van der Waals surface area contributed by atoms with Gasteiger partial charge in [-0.1, -0.05) is 44.7 Å². The molecule has 0 saturated carbocycles. The number of carboxylic acids is 1. The Labute approximate surface area is 147 Å². The number of carbonyl (C=O) groups is 1. The summed E-state index contributed by atoms with van der Waals surface area (Å²) in [7, 11) is 0. The monoisotopic (exact) mass is 338 g/mol. The van der Waals surface area contributed by atoms with Crippen LogP contribution in [0.3, 0.4) is 0 Å². The van der Waals surface area contributed by atoms with Crippen LogP contribution in [-0.2, 0) is 11.2 Å². The number of hydrogen-bond acceptors (Lipinski definition) is 4. The first kappa shape index (κ1) is 17.0. The van der Waals surface area contributed by atoms with Crippen LogP contribution >= 0.6 is 0 Å². The molecule has 2 aromatic rings. The lowest BCUT2D eigenvalue weighted by Gasteiger charge is -2.13. The van der Waals surface area contributed by atoms with Crippen molar-refractivity contribution in [1.82, 2.24) is 4.98 Å². The molecule has 5 heteroatoms. The van der Waals surface area contributed by atoms with Crippen molar-refractivity contribution in [2.24, 2.45) is 0 Å². The summed E-state index contributed by atoms with van der Waals surface area (Å²) >= 11 is 0. The Hall–Kier alpha value is -2.82. The lowest BCUT2D eigenvalue weighted by atomic mass is 9.98. The molecule has 1 aliphatic rings. The van der Waals surface area contributed by atoms with Gasteiger partial charge in [0.05, 0.1) is 12.3 Å². The van der Waals surface area contributed by atoms with Crippen molar-refractivity contribution in [2.75, 3.05) is 18.5 Å². The van der Waals surface area contributed by atoms with Gasteiger partial charge in [-0.3, -0.25) is 0 Å². The molecular formula is C20H22N2O3. The van der Waals surface area contributed by atoms with Gasteiger partial charge in [0.15, 0.2) is 0 Å². The van der Waals surface area contributed by atoms with Gasteiger partial charge in [0, 0.05) is 24.1 Å². The van der Waals surface area contributed by atoms with E-state index < -0.39 is 5.97 Å². The molecule has 0 atom stereocenters. The fourth-order valence-corrected chi connectivity index (χ4v) is 2.79. The minimum absolute atomic E-state index is 0.0985. The lowest BCUT2D eigenvalue weighted by molar-refractivity contribution is -0.132. The Morgan fingerprint density at radius 3 is 2.72 bits per heavy atom. The molecule has 1 aromatic heterocycles. The van der Waals surface area contributed by atoms with Gasteiger partial charge in [0.1, 0.15) is 11.6 Å². The van der Waals surface area contributed by atoms with E-state index in [2.05, 4.69) is 55.0 Å². The Morgan fingerprint density at radius 1 is 1.36 bits per heavy atom. The van der Waals surface area contributed by atoms with E-state index in [0.29, 0.717) is 18.3 Å². The second-order valence-corrected chi connectivity index (χ2v) is 6.47. The van der Waals surface area contributed by atoms with Crippen molar-refractivity contribution in [3.05, 3.63) is 53.7 Å². The zero-order valence-electron chi connectivity index (χ0n) is 14.5. The quantitative estimate of drug-likeness (QED) is 0.783. The first-order chi connectivity index (χ1) is 12.0. The number of benzene rings is 1. The van der Waals surface area contributed by atoms with Crippen LogP contribution in [0.1, 0.15) is 31.0 Å². The third-order valence-corrected chi connectivity index (χ3v) is 4.30. The number of ether oxygens (including phenoxy) is 1. The molecule has 1 aromatic carbocycles. The molecule has 0 radical (unpaired) electrons. The number of aromatic nitrogens is 1. The molecule has 0 spiro atoms. The number of nitrogens with zero attached hydrogens (tertiary/aromatic N) is 1. The van der Waals surface area contributed by atoms with Crippen LogP contribution in [0.25, 0.3) is 11.1 Å². The van der Waals surface area contributed by atoms with Crippen molar-refractivity contribution in [1.29, 1.82) is 0 Å². The molecule has 2 N–H and O–H groups in total. The average molecular weight is 338 g/mol. The molecule has 2 heterocycles. The van der Waals surface area contributed by atoms with Crippen molar-refractivity contribution in [3.63, 3.8) is 0 Å². The fraction of sp³-hybridized carbons (Fsp3) is 0.300. The van der Waals surface area contributed by atoms with Crippen LogP contribution in [0.2, 0.25) is 0 Å². The summed E-state index contributed by atoms with van der Waals surface area (Å²) < 4.78 is 5.78. The van der Waals surface area contributed by atoms with E-state index in [0.717, 1.165) is 29.0 Å². The van der Waals surface area contributed by atoms with Crippen LogP contribution in [0.5, 0.6) is 5.75 Å². The summed E-state index contributed by atoms with van der Waals surface area (Å²) in [6.45, 7) is 8.63. The van der Waals surface area contributed by atoms with Gasteiger partial charge < -0.3 is 15.2 Å².